The highest BCUT2D eigenvalue weighted by Gasteiger charge is 2.14. The molecule has 0 saturated heterocycles. The quantitative estimate of drug-likeness (QED) is 0.778. The van der Waals surface area contributed by atoms with Crippen LogP contribution in [0.15, 0.2) is 40.9 Å². The van der Waals surface area contributed by atoms with E-state index in [1.54, 1.807) is 6.92 Å². The Morgan fingerprint density at radius 1 is 1.11 bits per heavy atom. The minimum atomic E-state index is -1.20. The fraction of sp³-hybridized carbons (Fsp3) is 0.143. The van der Waals surface area contributed by atoms with Crippen molar-refractivity contribution in [2.45, 2.75) is 13.0 Å². The molecule has 5 heteroatoms. The molecule has 0 fully saturated rings. The molecule has 2 aromatic carbocycles. The highest BCUT2D eigenvalue weighted by atomic mass is 79.9. The molecule has 0 aliphatic carbocycles. The third kappa shape index (κ3) is 3.29. The molecule has 0 aromatic heterocycles. The van der Waals surface area contributed by atoms with Gasteiger partial charge in [0.1, 0.15) is 5.82 Å². The SMILES string of the molecule is CC(Nc1cc(F)cc(F)c1F)c1cccc(Br)c1. The normalized spacial score (nSPS) is 12.3. The zero-order valence-electron chi connectivity index (χ0n) is 10.1. The molecule has 0 radical (unpaired) electrons. The van der Waals surface area contributed by atoms with Gasteiger partial charge in [0.25, 0.3) is 0 Å². The standard InChI is InChI=1S/C14H11BrF3N/c1-8(9-3-2-4-10(15)5-9)19-13-7-11(16)6-12(17)14(13)18/h2-8,19H,1H3. The molecule has 0 aliphatic heterocycles. The molecule has 1 N–H and O–H groups in total. The molecule has 1 nitrogen and oxygen atoms in total. The van der Waals surface area contributed by atoms with Crippen LogP contribution in [0.1, 0.15) is 18.5 Å². The van der Waals surface area contributed by atoms with E-state index in [4.69, 9.17) is 0 Å². The van der Waals surface area contributed by atoms with Crippen LogP contribution in [-0.4, -0.2) is 0 Å². The van der Waals surface area contributed by atoms with Crippen LogP contribution in [-0.2, 0) is 0 Å². The number of benzene rings is 2. The zero-order valence-corrected chi connectivity index (χ0v) is 11.6. The summed E-state index contributed by atoms with van der Waals surface area (Å²) in [4.78, 5) is 0. The van der Waals surface area contributed by atoms with Gasteiger partial charge in [0.2, 0.25) is 0 Å². The van der Waals surface area contributed by atoms with Crippen molar-refractivity contribution in [2.75, 3.05) is 5.32 Å². The first-order valence-corrected chi connectivity index (χ1v) is 6.43. The topological polar surface area (TPSA) is 12.0 Å². The van der Waals surface area contributed by atoms with E-state index in [1.165, 1.54) is 0 Å². The average molecular weight is 330 g/mol. The van der Waals surface area contributed by atoms with Gasteiger partial charge in [-0.25, -0.2) is 13.2 Å². The van der Waals surface area contributed by atoms with Gasteiger partial charge in [-0.3, -0.25) is 0 Å². The first kappa shape index (κ1) is 13.9. The molecule has 1 atom stereocenters. The summed E-state index contributed by atoms with van der Waals surface area (Å²) in [6, 6.07) is 8.56. The number of halogens is 4. The van der Waals surface area contributed by atoms with E-state index in [-0.39, 0.29) is 11.7 Å². The van der Waals surface area contributed by atoms with Crippen molar-refractivity contribution in [3.05, 3.63) is 63.9 Å². The summed E-state index contributed by atoms with van der Waals surface area (Å²) in [7, 11) is 0. The molecular weight excluding hydrogens is 319 g/mol. The van der Waals surface area contributed by atoms with E-state index < -0.39 is 17.5 Å². The molecule has 2 rings (SSSR count). The molecular formula is C14H11BrF3N. The van der Waals surface area contributed by atoms with E-state index in [9.17, 15) is 13.2 Å². The van der Waals surface area contributed by atoms with Gasteiger partial charge in [0, 0.05) is 22.6 Å². The molecule has 0 aliphatic rings. The molecule has 0 saturated carbocycles. The maximum Gasteiger partial charge on any atom is 0.182 e. The maximum absolute atomic E-state index is 13.5. The number of nitrogens with one attached hydrogen (secondary N) is 1. The van der Waals surface area contributed by atoms with Crippen LogP contribution in [0.5, 0.6) is 0 Å². The molecule has 0 amide bonds. The molecule has 2 aromatic rings. The summed E-state index contributed by atoms with van der Waals surface area (Å²) < 4.78 is 40.6. The lowest BCUT2D eigenvalue weighted by Gasteiger charge is -2.16. The fourth-order valence-corrected chi connectivity index (χ4v) is 2.17. The smallest absolute Gasteiger partial charge is 0.182 e. The van der Waals surface area contributed by atoms with Crippen LogP contribution in [0.2, 0.25) is 0 Å². The predicted octanol–water partition coefficient (Wildman–Crippen LogP) is 5.04. The van der Waals surface area contributed by atoms with Gasteiger partial charge in [0.05, 0.1) is 5.69 Å². The van der Waals surface area contributed by atoms with Gasteiger partial charge in [-0.15, -0.1) is 0 Å². The highest BCUT2D eigenvalue weighted by Crippen LogP contribution is 2.25. The largest absolute Gasteiger partial charge is 0.376 e. The Labute approximate surface area is 117 Å². The summed E-state index contributed by atoms with van der Waals surface area (Å²) >= 11 is 3.33. The van der Waals surface area contributed by atoms with Crippen molar-refractivity contribution in [2.24, 2.45) is 0 Å². The highest BCUT2D eigenvalue weighted by molar-refractivity contribution is 9.10. The summed E-state index contributed by atoms with van der Waals surface area (Å²) in [6.07, 6.45) is 0. The molecule has 100 valence electrons. The second kappa shape index (κ2) is 5.65. The van der Waals surface area contributed by atoms with E-state index in [0.717, 1.165) is 16.1 Å². The minimum absolute atomic E-state index is 0.190. The lowest BCUT2D eigenvalue weighted by Crippen LogP contribution is -2.09. The van der Waals surface area contributed by atoms with Crippen LogP contribution in [0.25, 0.3) is 0 Å². The third-order valence-electron chi connectivity index (χ3n) is 2.71. The lowest BCUT2D eigenvalue weighted by atomic mass is 10.1. The Hall–Kier alpha value is -1.49. The van der Waals surface area contributed by atoms with Crippen molar-refractivity contribution in [3.63, 3.8) is 0 Å². The third-order valence-corrected chi connectivity index (χ3v) is 3.21. The molecule has 19 heavy (non-hydrogen) atoms. The summed E-state index contributed by atoms with van der Waals surface area (Å²) in [5.74, 6) is -3.10. The Balaban J connectivity index is 2.26. The second-order valence-electron chi connectivity index (χ2n) is 4.17. The van der Waals surface area contributed by atoms with Crippen molar-refractivity contribution < 1.29 is 13.2 Å². The van der Waals surface area contributed by atoms with Crippen molar-refractivity contribution >= 4 is 21.6 Å². The molecule has 0 heterocycles. The second-order valence-corrected chi connectivity index (χ2v) is 5.09. The van der Waals surface area contributed by atoms with Crippen LogP contribution < -0.4 is 5.32 Å². The number of anilines is 1. The van der Waals surface area contributed by atoms with Crippen molar-refractivity contribution in [1.82, 2.24) is 0 Å². The monoisotopic (exact) mass is 329 g/mol. The summed E-state index contributed by atoms with van der Waals surface area (Å²) in [6.45, 7) is 1.78. The van der Waals surface area contributed by atoms with Crippen LogP contribution >= 0.6 is 15.9 Å². The van der Waals surface area contributed by atoms with Gasteiger partial charge < -0.3 is 5.32 Å². The van der Waals surface area contributed by atoms with Gasteiger partial charge in [0.15, 0.2) is 11.6 Å². The average Bonchev–Trinajstić information content (AvgIpc) is 2.35. The van der Waals surface area contributed by atoms with E-state index in [2.05, 4.69) is 21.2 Å². The minimum Gasteiger partial charge on any atom is -0.376 e. The Bertz CT molecular complexity index is 601. The van der Waals surface area contributed by atoms with E-state index in [1.807, 2.05) is 24.3 Å². The van der Waals surface area contributed by atoms with Gasteiger partial charge >= 0.3 is 0 Å². The lowest BCUT2D eigenvalue weighted by molar-refractivity contribution is 0.496. The molecule has 1 unspecified atom stereocenters. The zero-order chi connectivity index (χ0) is 14.0. The van der Waals surface area contributed by atoms with Gasteiger partial charge in [-0.2, -0.15) is 0 Å². The first-order chi connectivity index (χ1) is 8.97. The number of hydrogen-bond acceptors (Lipinski definition) is 1. The maximum atomic E-state index is 13.5. The van der Waals surface area contributed by atoms with E-state index in [0.29, 0.717) is 6.07 Å². The van der Waals surface area contributed by atoms with E-state index >= 15 is 0 Å². The molecule has 0 spiro atoms. The van der Waals surface area contributed by atoms with Gasteiger partial charge in [-0.1, -0.05) is 28.1 Å². The van der Waals surface area contributed by atoms with Crippen molar-refractivity contribution in [3.8, 4) is 0 Å². The Morgan fingerprint density at radius 3 is 2.53 bits per heavy atom. The molecule has 0 bridgehead atoms. The number of hydrogen-bond donors (Lipinski definition) is 1. The summed E-state index contributed by atoms with van der Waals surface area (Å²) in [5, 5.41) is 2.76. The van der Waals surface area contributed by atoms with Crippen LogP contribution in [0, 0.1) is 17.5 Å². The van der Waals surface area contributed by atoms with Crippen LogP contribution in [0.4, 0.5) is 18.9 Å². The first-order valence-electron chi connectivity index (χ1n) is 5.64. The predicted molar refractivity (Wildman–Crippen MR) is 72.5 cm³/mol. The van der Waals surface area contributed by atoms with Crippen LogP contribution in [0.3, 0.4) is 0 Å². The Morgan fingerprint density at radius 2 is 1.84 bits per heavy atom. The Kier molecular flexibility index (Phi) is 4.14. The fourth-order valence-electron chi connectivity index (χ4n) is 1.75. The number of rotatable bonds is 3. The summed E-state index contributed by atoms with van der Waals surface area (Å²) in [5.41, 5.74) is 0.684. The van der Waals surface area contributed by atoms with Gasteiger partial charge in [-0.05, 0) is 24.6 Å². The van der Waals surface area contributed by atoms with Crippen molar-refractivity contribution in [1.29, 1.82) is 0 Å².